The molecule has 0 unspecified atom stereocenters. The molecule has 0 spiro atoms. The molecule has 0 saturated carbocycles. The van der Waals surface area contributed by atoms with Crippen LogP contribution in [0.4, 0.5) is 0 Å². The number of carbonyl (C=O) groups excluding carboxylic acids is 1. The van der Waals surface area contributed by atoms with Gasteiger partial charge in [-0.2, -0.15) is 4.37 Å². The van der Waals surface area contributed by atoms with Crippen LogP contribution in [0.1, 0.15) is 42.8 Å². The summed E-state index contributed by atoms with van der Waals surface area (Å²) in [6.45, 7) is 6.17. The van der Waals surface area contributed by atoms with Crippen molar-refractivity contribution in [1.82, 2.24) is 9.36 Å². The van der Waals surface area contributed by atoms with Crippen molar-refractivity contribution in [1.29, 1.82) is 0 Å². The van der Waals surface area contributed by atoms with Crippen LogP contribution in [0, 0.1) is 0 Å². The molecular weight excluding hydrogens is 200 g/mol. The number of aromatic nitrogens is 2. The first kappa shape index (κ1) is 11.1. The van der Waals surface area contributed by atoms with Crippen LogP contribution in [-0.4, -0.2) is 22.4 Å². The highest BCUT2D eigenvalue weighted by Gasteiger charge is 2.25. The molecule has 0 aromatic carbocycles. The fraction of sp³-hybridized carbons (Fsp3) is 0.667. The van der Waals surface area contributed by atoms with Crippen LogP contribution in [0.15, 0.2) is 0 Å². The van der Waals surface area contributed by atoms with Gasteiger partial charge < -0.3 is 4.74 Å². The molecule has 14 heavy (non-hydrogen) atoms. The standard InChI is InChI=1S/C9H14N2O2S/c1-5-9(2,3)8-10-6(14-11-8)7(12)13-4/h5H2,1-4H3. The van der Waals surface area contributed by atoms with Gasteiger partial charge in [-0.3, -0.25) is 0 Å². The Morgan fingerprint density at radius 3 is 2.71 bits per heavy atom. The largest absolute Gasteiger partial charge is 0.464 e. The number of hydrogen-bond acceptors (Lipinski definition) is 5. The Balaban J connectivity index is 2.93. The topological polar surface area (TPSA) is 52.1 Å². The Bertz CT molecular complexity index is 333. The summed E-state index contributed by atoms with van der Waals surface area (Å²) in [5.41, 5.74) is -0.0806. The molecular formula is C9H14N2O2S. The van der Waals surface area contributed by atoms with Crippen molar-refractivity contribution >= 4 is 17.5 Å². The molecule has 4 nitrogen and oxygen atoms in total. The second kappa shape index (κ2) is 4.04. The summed E-state index contributed by atoms with van der Waals surface area (Å²) >= 11 is 1.09. The number of ether oxygens (including phenoxy) is 1. The number of carbonyl (C=O) groups is 1. The second-order valence-corrected chi connectivity index (χ2v) is 4.40. The van der Waals surface area contributed by atoms with Gasteiger partial charge in [0.15, 0.2) is 0 Å². The number of methoxy groups -OCH3 is 1. The lowest BCUT2D eigenvalue weighted by Gasteiger charge is -2.17. The molecule has 1 aromatic rings. The average molecular weight is 214 g/mol. The SMILES string of the molecule is CCC(C)(C)c1nsc(C(=O)OC)n1. The Morgan fingerprint density at radius 2 is 2.21 bits per heavy atom. The highest BCUT2D eigenvalue weighted by Crippen LogP contribution is 2.25. The minimum Gasteiger partial charge on any atom is -0.464 e. The summed E-state index contributed by atoms with van der Waals surface area (Å²) in [6.07, 6.45) is 0.935. The first-order chi connectivity index (χ1) is 6.51. The Kier molecular flexibility index (Phi) is 3.21. The van der Waals surface area contributed by atoms with Gasteiger partial charge in [-0.25, -0.2) is 9.78 Å². The number of rotatable bonds is 3. The quantitative estimate of drug-likeness (QED) is 0.722. The van der Waals surface area contributed by atoms with Gasteiger partial charge in [0.25, 0.3) is 0 Å². The van der Waals surface area contributed by atoms with Gasteiger partial charge in [0.1, 0.15) is 5.82 Å². The van der Waals surface area contributed by atoms with E-state index in [4.69, 9.17) is 0 Å². The van der Waals surface area contributed by atoms with Crippen molar-refractivity contribution in [3.8, 4) is 0 Å². The van der Waals surface area contributed by atoms with Gasteiger partial charge in [0.2, 0.25) is 5.01 Å². The van der Waals surface area contributed by atoms with Crippen LogP contribution < -0.4 is 0 Å². The van der Waals surface area contributed by atoms with Crippen LogP contribution in [0.5, 0.6) is 0 Å². The summed E-state index contributed by atoms with van der Waals surface area (Å²) in [5.74, 6) is 0.297. The van der Waals surface area contributed by atoms with E-state index in [2.05, 4.69) is 34.9 Å². The molecule has 1 heterocycles. The van der Waals surface area contributed by atoms with E-state index < -0.39 is 5.97 Å². The Hall–Kier alpha value is -0.970. The molecule has 0 fully saturated rings. The van der Waals surface area contributed by atoms with E-state index >= 15 is 0 Å². The lowest BCUT2D eigenvalue weighted by atomic mass is 9.90. The zero-order valence-corrected chi connectivity index (χ0v) is 9.64. The van der Waals surface area contributed by atoms with Crippen molar-refractivity contribution in [2.45, 2.75) is 32.6 Å². The minimum atomic E-state index is -0.416. The highest BCUT2D eigenvalue weighted by atomic mass is 32.1. The summed E-state index contributed by atoms with van der Waals surface area (Å²) in [7, 11) is 1.34. The second-order valence-electron chi connectivity index (χ2n) is 3.65. The zero-order valence-electron chi connectivity index (χ0n) is 8.83. The molecule has 1 aromatic heterocycles. The molecule has 0 bridgehead atoms. The van der Waals surface area contributed by atoms with Crippen molar-refractivity contribution in [3.63, 3.8) is 0 Å². The van der Waals surface area contributed by atoms with E-state index in [0.717, 1.165) is 18.0 Å². The van der Waals surface area contributed by atoms with E-state index in [9.17, 15) is 4.79 Å². The molecule has 1 rings (SSSR count). The monoisotopic (exact) mass is 214 g/mol. The molecule has 0 saturated heterocycles. The van der Waals surface area contributed by atoms with Gasteiger partial charge in [-0.15, -0.1) is 0 Å². The molecule has 0 atom stereocenters. The van der Waals surface area contributed by atoms with E-state index in [0.29, 0.717) is 10.8 Å². The third-order valence-electron chi connectivity index (χ3n) is 2.28. The number of nitrogens with zero attached hydrogens (tertiary/aromatic N) is 2. The van der Waals surface area contributed by atoms with Gasteiger partial charge in [-0.1, -0.05) is 20.8 Å². The maximum Gasteiger partial charge on any atom is 0.368 e. The van der Waals surface area contributed by atoms with Crippen molar-refractivity contribution in [2.75, 3.05) is 7.11 Å². The van der Waals surface area contributed by atoms with Crippen molar-refractivity contribution in [3.05, 3.63) is 10.8 Å². The zero-order chi connectivity index (χ0) is 10.8. The fourth-order valence-electron chi connectivity index (χ4n) is 0.827. The lowest BCUT2D eigenvalue weighted by molar-refractivity contribution is 0.0600. The molecule has 0 radical (unpaired) electrons. The van der Waals surface area contributed by atoms with E-state index in [1.807, 2.05) is 0 Å². The van der Waals surface area contributed by atoms with Crippen molar-refractivity contribution < 1.29 is 9.53 Å². The average Bonchev–Trinajstić information content (AvgIpc) is 2.66. The predicted octanol–water partition coefficient (Wildman–Crippen LogP) is 2.01. The summed E-state index contributed by atoms with van der Waals surface area (Å²) in [4.78, 5) is 15.3. The van der Waals surface area contributed by atoms with Crippen LogP contribution >= 0.6 is 11.5 Å². The van der Waals surface area contributed by atoms with Crippen LogP contribution in [0.3, 0.4) is 0 Å². The normalized spacial score (nSPS) is 11.4. The van der Waals surface area contributed by atoms with E-state index in [1.165, 1.54) is 7.11 Å². The minimum absolute atomic E-state index is 0.0806. The number of hydrogen-bond donors (Lipinski definition) is 0. The van der Waals surface area contributed by atoms with E-state index in [1.54, 1.807) is 0 Å². The predicted molar refractivity (Wildman–Crippen MR) is 54.6 cm³/mol. The maximum absolute atomic E-state index is 11.1. The molecule has 0 aliphatic carbocycles. The molecule has 0 N–H and O–H groups in total. The summed E-state index contributed by atoms with van der Waals surface area (Å²) < 4.78 is 8.72. The highest BCUT2D eigenvalue weighted by molar-refractivity contribution is 7.07. The Morgan fingerprint density at radius 1 is 1.57 bits per heavy atom. The smallest absolute Gasteiger partial charge is 0.368 e. The first-order valence-corrected chi connectivity index (χ1v) is 5.21. The van der Waals surface area contributed by atoms with Gasteiger partial charge in [0, 0.05) is 5.41 Å². The first-order valence-electron chi connectivity index (χ1n) is 4.43. The summed E-state index contributed by atoms with van der Waals surface area (Å²) in [6, 6.07) is 0. The molecule has 0 aliphatic rings. The maximum atomic E-state index is 11.1. The van der Waals surface area contributed by atoms with Crippen LogP contribution in [0.25, 0.3) is 0 Å². The lowest BCUT2D eigenvalue weighted by Crippen LogP contribution is -2.17. The van der Waals surface area contributed by atoms with Gasteiger partial charge in [0.05, 0.1) is 7.11 Å². The molecule has 0 amide bonds. The van der Waals surface area contributed by atoms with Crippen LogP contribution in [0.2, 0.25) is 0 Å². The van der Waals surface area contributed by atoms with Gasteiger partial charge >= 0.3 is 5.97 Å². The fourth-order valence-corrected chi connectivity index (χ4v) is 1.57. The Labute approximate surface area is 87.5 Å². The molecule has 5 heteroatoms. The third-order valence-corrected chi connectivity index (χ3v) is 2.97. The number of esters is 1. The van der Waals surface area contributed by atoms with E-state index in [-0.39, 0.29) is 5.41 Å². The van der Waals surface area contributed by atoms with Crippen molar-refractivity contribution in [2.24, 2.45) is 0 Å². The summed E-state index contributed by atoms with van der Waals surface area (Å²) in [5, 5.41) is 0.323. The third kappa shape index (κ3) is 2.09. The molecule has 78 valence electrons. The van der Waals surface area contributed by atoms with Gasteiger partial charge in [-0.05, 0) is 18.0 Å². The molecule has 0 aliphatic heterocycles. The van der Waals surface area contributed by atoms with Crippen LogP contribution in [-0.2, 0) is 10.2 Å².